The van der Waals surface area contributed by atoms with Crippen molar-refractivity contribution in [3.8, 4) is 22.3 Å². The van der Waals surface area contributed by atoms with Crippen LogP contribution in [0.25, 0.3) is 22.3 Å². The Bertz CT molecular complexity index is 2550. The number of rotatable bonds is 5. The van der Waals surface area contributed by atoms with E-state index in [-0.39, 0.29) is 16.2 Å². The largest absolute Gasteiger partial charge is 0.310 e. The molecule has 6 aromatic carbocycles. The normalized spacial score (nSPS) is 29.0. The van der Waals surface area contributed by atoms with Crippen LogP contribution in [0, 0.1) is 29.1 Å². The monoisotopic (exact) mass is 745 g/mol. The zero-order valence-corrected chi connectivity index (χ0v) is 34.0. The lowest BCUT2D eigenvalue weighted by Gasteiger charge is -2.78. The standard InChI is InChI=1S/C54H51NS/c1-51(2)25-26-52(3,4)45-31-40(23-24-43(45)51)55(39-21-19-36(20-22-39)35-13-7-5-8-14-35)41-30-42(37-15-9-6-10-16-37)50-47(32-41)56-46-18-12-11-17-44(46)54(50)48-28-34-27-38-29-49(54)53(38,48)33-34/h5-24,30-32,34,38,48-49H,25-29,33H2,1-4H3. The zero-order chi connectivity index (χ0) is 37.6. The Morgan fingerprint density at radius 1 is 0.518 bits per heavy atom. The lowest BCUT2D eigenvalue weighted by molar-refractivity contribution is -0.234. The maximum Gasteiger partial charge on any atom is 0.0479 e. The molecule has 6 aliphatic rings. The van der Waals surface area contributed by atoms with E-state index in [4.69, 9.17) is 0 Å². The first-order valence-electron chi connectivity index (χ1n) is 21.3. The molecule has 5 aliphatic carbocycles. The topological polar surface area (TPSA) is 3.24 Å². The Morgan fingerprint density at radius 3 is 1.91 bits per heavy atom. The molecule has 1 heterocycles. The summed E-state index contributed by atoms with van der Waals surface area (Å²) in [6, 6.07) is 53.7. The summed E-state index contributed by atoms with van der Waals surface area (Å²) in [5.74, 6) is 3.38. The van der Waals surface area contributed by atoms with E-state index in [2.05, 4.69) is 172 Å². The van der Waals surface area contributed by atoms with Gasteiger partial charge >= 0.3 is 0 Å². The third-order valence-corrected chi connectivity index (χ3v) is 17.3. The molecule has 4 saturated carbocycles. The Hall–Kier alpha value is -4.53. The summed E-state index contributed by atoms with van der Waals surface area (Å²) in [5.41, 5.74) is 16.2. The van der Waals surface area contributed by atoms with Crippen molar-refractivity contribution in [2.24, 2.45) is 29.1 Å². The summed E-state index contributed by atoms with van der Waals surface area (Å²) < 4.78 is 0. The SMILES string of the molecule is CC1(C)CCC(C)(C)c2cc(N(c3ccc(-c4ccccc4)cc3)c3cc4c(c(-c5ccccc5)c3)C3(c5ccccc5S4)C4CC5CC6CC3C64C5)ccc21. The molecule has 0 aromatic heterocycles. The number of fused-ring (bicyclic) bond motifs is 8. The molecule has 12 rings (SSSR count). The van der Waals surface area contributed by atoms with Gasteiger partial charge < -0.3 is 4.90 Å². The second-order valence-electron chi connectivity index (χ2n) is 19.6. The summed E-state index contributed by atoms with van der Waals surface area (Å²) in [6.45, 7) is 9.78. The smallest absolute Gasteiger partial charge is 0.0479 e. The fourth-order valence-corrected chi connectivity index (χ4v) is 15.1. The van der Waals surface area contributed by atoms with E-state index in [0.717, 1.165) is 23.7 Å². The van der Waals surface area contributed by atoms with Crippen LogP contribution in [-0.4, -0.2) is 0 Å². The summed E-state index contributed by atoms with van der Waals surface area (Å²) in [6.07, 6.45) is 8.20. The van der Waals surface area contributed by atoms with Crippen LogP contribution in [0.5, 0.6) is 0 Å². The van der Waals surface area contributed by atoms with Gasteiger partial charge in [-0.05, 0) is 165 Å². The van der Waals surface area contributed by atoms with Gasteiger partial charge in [0.05, 0.1) is 0 Å². The highest BCUT2D eigenvalue weighted by molar-refractivity contribution is 7.99. The third-order valence-electron chi connectivity index (χ3n) is 16.2. The number of nitrogens with zero attached hydrogens (tertiary/aromatic N) is 1. The van der Waals surface area contributed by atoms with Gasteiger partial charge in [0.2, 0.25) is 0 Å². The molecule has 2 heteroatoms. The third kappa shape index (κ3) is 4.35. The quantitative estimate of drug-likeness (QED) is 0.173. The van der Waals surface area contributed by atoms with Gasteiger partial charge in [-0.15, -0.1) is 0 Å². The van der Waals surface area contributed by atoms with Gasteiger partial charge in [0.1, 0.15) is 0 Å². The van der Waals surface area contributed by atoms with Crippen molar-refractivity contribution in [2.45, 2.75) is 92.3 Å². The van der Waals surface area contributed by atoms with Crippen LogP contribution < -0.4 is 4.90 Å². The highest BCUT2D eigenvalue weighted by atomic mass is 32.2. The molecule has 0 saturated heterocycles. The van der Waals surface area contributed by atoms with Gasteiger partial charge in [0, 0.05) is 32.3 Å². The fourth-order valence-electron chi connectivity index (χ4n) is 13.8. The average Bonchev–Trinajstić information content (AvgIpc) is 3.76. The summed E-state index contributed by atoms with van der Waals surface area (Å²) >= 11 is 2.03. The van der Waals surface area contributed by atoms with Crippen molar-refractivity contribution in [1.29, 1.82) is 0 Å². The van der Waals surface area contributed by atoms with Crippen LogP contribution >= 0.6 is 11.8 Å². The molecule has 6 atom stereocenters. The van der Waals surface area contributed by atoms with E-state index in [9.17, 15) is 0 Å². The van der Waals surface area contributed by atoms with Crippen LogP contribution in [-0.2, 0) is 16.2 Å². The molecule has 0 N–H and O–H groups in total. The van der Waals surface area contributed by atoms with Gasteiger partial charge in [0.15, 0.2) is 0 Å². The van der Waals surface area contributed by atoms with Crippen LogP contribution in [0.1, 0.15) is 88.5 Å². The molecule has 4 fully saturated rings. The van der Waals surface area contributed by atoms with E-state index >= 15 is 0 Å². The summed E-state index contributed by atoms with van der Waals surface area (Å²) in [4.78, 5) is 5.52. The van der Waals surface area contributed by atoms with Crippen molar-refractivity contribution in [3.63, 3.8) is 0 Å². The second-order valence-corrected chi connectivity index (χ2v) is 20.7. The molecule has 0 amide bonds. The molecule has 56 heavy (non-hydrogen) atoms. The first-order chi connectivity index (χ1) is 27.2. The molecule has 6 aromatic rings. The fraction of sp³-hybridized carbons (Fsp3) is 0.333. The molecular formula is C54H51NS. The van der Waals surface area contributed by atoms with Gasteiger partial charge in [-0.1, -0.05) is 137 Å². The molecule has 1 nitrogen and oxygen atoms in total. The van der Waals surface area contributed by atoms with Gasteiger partial charge in [-0.25, -0.2) is 0 Å². The number of hydrogen-bond acceptors (Lipinski definition) is 2. The van der Waals surface area contributed by atoms with Crippen LogP contribution in [0.15, 0.2) is 149 Å². The highest BCUT2D eigenvalue weighted by Crippen LogP contribution is 2.89. The van der Waals surface area contributed by atoms with E-state index in [1.54, 1.807) is 11.1 Å². The molecule has 6 unspecified atom stereocenters. The zero-order valence-electron chi connectivity index (χ0n) is 33.2. The van der Waals surface area contributed by atoms with Crippen molar-refractivity contribution in [1.82, 2.24) is 0 Å². The molecule has 2 spiro atoms. The van der Waals surface area contributed by atoms with E-state index < -0.39 is 0 Å². The minimum atomic E-state index is 0.0934. The van der Waals surface area contributed by atoms with Gasteiger partial charge in [-0.2, -0.15) is 0 Å². The highest BCUT2D eigenvalue weighted by Gasteiger charge is 2.84. The first kappa shape index (κ1) is 33.6. The van der Waals surface area contributed by atoms with Crippen molar-refractivity contribution in [2.75, 3.05) is 4.90 Å². The Labute approximate surface area is 337 Å². The number of hydrogen-bond donors (Lipinski definition) is 0. The van der Waals surface area contributed by atoms with E-state index in [0.29, 0.717) is 5.41 Å². The lowest BCUT2D eigenvalue weighted by Crippen LogP contribution is -2.74. The van der Waals surface area contributed by atoms with E-state index in [1.165, 1.54) is 98.8 Å². The summed E-state index contributed by atoms with van der Waals surface area (Å²) in [7, 11) is 0. The van der Waals surface area contributed by atoms with Crippen molar-refractivity contribution >= 4 is 28.8 Å². The predicted octanol–water partition coefficient (Wildman–Crippen LogP) is 14.7. The number of benzene rings is 6. The Morgan fingerprint density at radius 2 is 1.16 bits per heavy atom. The average molecular weight is 746 g/mol. The minimum absolute atomic E-state index is 0.0934. The Kier molecular flexibility index (Phi) is 6.92. The first-order valence-corrected chi connectivity index (χ1v) is 22.1. The number of anilines is 3. The van der Waals surface area contributed by atoms with E-state index in [1.807, 2.05) is 11.8 Å². The molecule has 2 bridgehead atoms. The van der Waals surface area contributed by atoms with Crippen molar-refractivity contribution in [3.05, 3.63) is 162 Å². The molecule has 278 valence electrons. The van der Waals surface area contributed by atoms with Crippen LogP contribution in [0.3, 0.4) is 0 Å². The Balaban J connectivity index is 1.10. The predicted molar refractivity (Wildman–Crippen MR) is 233 cm³/mol. The molecule has 1 aliphatic heterocycles. The molecular weight excluding hydrogens is 695 g/mol. The van der Waals surface area contributed by atoms with Crippen LogP contribution in [0.4, 0.5) is 17.1 Å². The minimum Gasteiger partial charge on any atom is -0.310 e. The summed E-state index contributed by atoms with van der Waals surface area (Å²) in [5, 5.41) is 0. The maximum atomic E-state index is 2.60. The van der Waals surface area contributed by atoms with Gasteiger partial charge in [-0.3, -0.25) is 0 Å². The second kappa shape index (κ2) is 11.5. The van der Waals surface area contributed by atoms with Crippen molar-refractivity contribution < 1.29 is 0 Å². The molecule has 0 radical (unpaired) electrons. The van der Waals surface area contributed by atoms with Gasteiger partial charge in [0.25, 0.3) is 0 Å². The van der Waals surface area contributed by atoms with Crippen LogP contribution in [0.2, 0.25) is 0 Å². The maximum absolute atomic E-state index is 2.60. The lowest BCUT2D eigenvalue weighted by atomic mass is 9.26.